The second kappa shape index (κ2) is 5.99. The van der Waals surface area contributed by atoms with Gasteiger partial charge < -0.3 is 9.47 Å². The second-order valence-corrected chi connectivity index (χ2v) is 5.16. The SMILES string of the molecule is O=C(Nc1ccc2c(c1)OCc1nnnn1-2)OCc1ccccc1. The molecule has 24 heavy (non-hydrogen) atoms. The number of ether oxygens (including phenoxy) is 2. The Hall–Kier alpha value is -3.42. The summed E-state index contributed by atoms with van der Waals surface area (Å²) in [4.78, 5) is 11.9. The van der Waals surface area contributed by atoms with Crippen LogP contribution < -0.4 is 10.1 Å². The predicted molar refractivity (Wildman–Crippen MR) is 83.7 cm³/mol. The van der Waals surface area contributed by atoms with E-state index in [0.29, 0.717) is 17.3 Å². The molecule has 0 unspecified atom stereocenters. The quantitative estimate of drug-likeness (QED) is 0.795. The van der Waals surface area contributed by atoms with Gasteiger partial charge in [-0.1, -0.05) is 30.3 Å². The Morgan fingerprint density at radius 1 is 1.25 bits per heavy atom. The third kappa shape index (κ3) is 2.76. The van der Waals surface area contributed by atoms with Crippen molar-refractivity contribution < 1.29 is 14.3 Å². The molecule has 0 saturated heterocycles. The molecular formula is C16H13N5O3. The van der Waals surface area contributed by atoms with Crippen molar-refractivity contribution >= 4 is 11.8 Å². The van der Waals surface area contributed by atoms with Crippen molar-refractivity contribution in [2.75, 3.05) is 5.32 Å². The standard InChI is InChI=1S/C16H13N5O3/c22-16(24-9-11-4-2-1-3-5-11)17-12-6-7-13-14(8-12)23-10-15-18-19-20-21(13)15/h1-8H,9-10H2,(H,17,22). The van der Waals surface area contributed by atoms with E-state index in [9.17, 15) is 4.79 Å². The highest BCUT2D eigenvalue weighted by Gasteiger charge is 2.20. The lowest BCUT2D eigenvalue weighted by Gasteiger charge is -2.18. The number of hydrogen-bond acceptors (Lipinski definition) is 6. The zero-order valence-electron chi connectivity index (χ0n) is 12.5. The van der Waals surface area contributed by atoms with E-state index in [4.69, 9.17) is 9.47 Å². The first-order chi connectivity index (χ1) is 11.8. The Balaban J connectivity index is 1.43. The average Bonchev–Trinajstić information content (AvgIpc) is 3.10. The van der Waals surface area contributed by atoms with Crippen LogP contribution in [-0.2, 0) is 18.0 Å². The lowest BCUT2D eigenvalue weighted by atomic mass is 10.2. The lowest BCUT2D eigenvalue weighted by molar-refractivity contribution is 0.155. The maximum atomic E-state index is 11.9. The molecule has 0 fully saturated rings. The molecule has 0 saturated carbocycles. The van der Waals surface area contributed by atoms with Crippen LogP contribution in [0, 0.1) is 0 Å². The summed E-state index contributed by atoms with van der Waals surface area (Å²) in [6, 6.07) is 14.7. The van der Waals surface area contributed by atoms with Gasteiger partial charge in [-0.2, -0.15) is 4.68 Å². The summed E-state index contributed by atoms with van der Waals surface area (Å²) in [5.41, 5.74) is 2.22. The van der Waals surface area contributed by atoms with E-state index >= 15 is 0 Å². The molecular weight excluding hydrogens is 310 g/mol. The van der Waals surface area contributed by atoms with Crippen molar-refractivity contribution in [2.24, 2.45) is 0 Å². The van der Waals surface area contributed by atoms with Crippen LogP contribution in [0.3, 0.4) is 0 Å². The van der Waals surface area contributed by atoms with Gasteiger partial charge in [0.1, 0.15) is 24.7 Å². The van der Waals surface area contributed by atoms with Crippen molar-refractivity contribution in [3.05, 3.63) is 59.9 Å². The topological polar surface area (TPSA) is 91.2 Å². The molecule has 0 radical (unpaired) electrons. The van der Waals surface area contributed by atoms with Gasteiger partial charge in [0.2, 0.25) is 0 Å². The fourth-order valence-corrected chi connectivity index (χ4v) is 2.38. The van der Waals surface area contributed by atoms with Gasteiger partial charge in [0.05, 0.1) is 0 Å². The number of nitrogens with zero attached hydrogens (tertiary/aromatic N) is 4. The largest absolute Gasteiger partial charge is 0.483 e. The fourth-order valence-electron chi connectivity index (χ4n) is 2.38. The Morgan fingerprint density at radius 2 is 2.12 bits per heavy atom. The minimum Gasteiger partial charge on any atom is -0.483 e. The summed E-state index contributed by atoms with van der Waals surface area (Å²) in [5, 5.41) is 14.1. The zero-order chi connectivity index (χ0) is 16.4. The number of rotatable bonds is 3. The molecule has 1 aromatic heterocycles. The smallest absolute Gasteiger partial charge is 0.411 e. The number of carbonyl (C=O) groups excluding carboxylic acids is 1. The Kier molecular flexibility index (Phi) is 3.54. The molecule has 1 amide bonds. The summed E-state index contributed by atoms with van der Waals surface area (Å²) in [6.07, 6.45) is -0.530. The molecule has 4 rings (SSSR count). The van der Waals surface area contributed by atoms with Gasteiger partial charge in [-0.15, -0.1) is 5.10 Å². The van der Waals surface area contributed by atoms with E-state index in [1.165, 1.54) is 0 Å². The molecule has 1 aliphatic rings. The Labute approximate surface area is 137 Å². The van der Waals surface area contributed by atoms with Crippen LogP contribution in [0.25, 0.3) is 5.69 Å². The van der Waals surface area contributed by atoms with Crippen LogP contribution >= 0.6 is 0 Å². The highest BCUT2D eigenvalue weighted by Crippen LogP contribution is 2.30. The summed E-state index contributed by atoms with van der Waals surface area (Å²) in [5.74, 6) is 1.22. The molecule has 1 aliphatic heterocycles. The summed E-state index contributed by atoms with van der Waals surface area (Å²) in [6.45, 7) is 0.490. The number of fused-ring (bicyclic) bond motifs is 3. The lowest BCUT2D eigenvalue weighted by Crippen LogP contribution is -2.16. The van der Waals surface area contributed by atoms with Gasteiger partial charge >= 0.3 is 6.09 Å². The highest BCUT2D eigenvalue weighted by atomic mass is 16.5. The zero-order valence-corrected chi connectivity index (χ0v) is 12.5. The fraction of sp³-hybridized carbons (Fsp3) is 0.125. The van der Waals surface area contributed by atoms with Crippen LogP contribution in [0.1, 0.15) is 11.4 Å². The van der Waals surface area contributed by atoms with E-state index in [-0.39, 0.29) is 13.2 Å². The van der Waals surface area contributed by atoms with Crippen LogP contribution in [0.5, 0.6) is 5.75 Å². The molecule has 2 aromatic carbocycles. The average molecular weight is 323 g/mol. The van der Waals surface area contributed by atoms with E-state index in [1.807, 2.05) is 30.3 Å². The number of benzene rings is 2. The third-order valence-electron chi connectivity index (χ3n) is 3.54. The highest BCUT2D eigenvalue weighted by molar-refractivity contribution is 5.85. The van der Waals surface area contributed by atoms with Crippen molar-refractivity contribution in [1.29, 1.82) is 0 Å². The van der Waals surface area contributed by atoms with Crippen LogP contribution in [-0.4, -0.2) is 26.3 Å². The second-order valence-electron chi connectivity index (χ2n) is 5.16. The summed E-state index contributed by atoms with van der Waals surface area (Å²) < 4.78 is 12.4. The number of nitrogens with one attached hydrogen (secondary N) is 1. The van der Waals surface area contributed by atoms with Crippen molar-refractivity contribution in [3.63, 3.8) is 0 Å². The van der Waals surface area contributed by atoms with Gasteiger partial charge in [-0.3, -0.25) is 5.32 Å². The van der Waals surface area contributed by atoms with Crippen molar-refractivity contribution in [2.45, 2.75) is 13.2 Å². The molecule has 3 aromatic rings. The van der Waals surface area contributed by atoms with Gasteiger partial charge in [0.25, 0.3) is 0 Å². The first-order valence-corrected chi connectivity index (χ1v) is 7.32. The maximum absolute atomic E-state index is 11.9. The van der Waals surface area contributed by atoms with Crippen LogP contribution in [0.15, 0.2) is 48.5 Å². The minimum absolute atomic E-state index is 0.210. The van der Waals surface area contributed by atoms with Crippen LogP contribution in [0.2, 0.25) is 0 Å². The molecule has 2 heterocycles. The molecule has 8 heteroatoms. The molecule has 120 valence electrons. The molecule has 0 atom stereocenters. The van der Waals surface area contributed by atoms with Crippen molar-refractivity contribution in [1.82, 2.24) is 20.2 Å². The Bertz CT molecular complexity index is 878. The minimum atomic E-state index is -0.530. The molecule has 0 aliphatic carbocycles. The van der Waals surface area contributed by atoms with Gasteiger partial charge in [-0.05, 0) is 28.1 Å². The Morgan fingerprint density at radius 3 is 3.00 bits per heavy atom. The number of anilines is 1. The molecule has 1 N–H and O–H groups in total. The number of hydrogen-bond donors (Lipinski definition) is 1. The van der Waals surface area contributed by atoms with E-state index < -0.39 is 6.09 Å². The van der Waals surface area contributed by atoms with Crippen LogP contribution in [0.4, 0.5) is 10.5 Å². The number of tetrazole rings is 1. The first-order valence-electron chi connectivity index (χ1n) is 7.32. The van der Waals surface area contributed by atoms with Gasteiger partial charge in [0.15, 0.2) is 5.82 Å². The third-order valence-corrected chi connectivity index (χ3v) is 3.54. The van der Waals surface area contributed by atoms with E-state index in [2.05, 4.69) is 20.8 Å². The number of carbonyl (C=O) groups is 1. The van der Waals surface area contributed by atoms with Gasteiger partial charge in [-0.25, -0.2) is 4.79 Å². The number of amides is 1. The summed E-state index contributed by atoms with van der Waals surface area (Å²) in [7, 11) is 0. The van der Waals surface area contributed by atoms with Gasteiger partial charge in [0, 0.05) is 11.8 Å². The van der Waals surface area contributed by atoms with Crippen molar-refractivity contribution in [3.8, 4) is 11.4 Å². The molecule has 0 bridgehead atoms. The predicted octanol–water partition coefficient (Wildman–Crippen LogP) is 2.30. The summed E-state index contributed by atoms with van der Waals surface area (Å²) >= 11 is 0. The molecule has 8 nitrogen and oxygen atoms in total. The molecule has 0 spiro atoms. The normalized spacial score (nSPS) is 11.8. The number of aromatic nitrogens is 4. The van der Waals surface area contributed by atoms with E-state index in [1.54, 1.807) is 22.9 Å². The van der Waals surface area contributed by atoms with E-state index in [0.717, 1.165) is 11.3 Å². The monoisotopic (exact) mass is 323 g/mol. The first kappa shape index (κ1) is 14.2. The maximum Gasteiger partial charge on any atom is 0.411 e.